The lowest BCUT2D eigenvalue weighted by Crippen LogP contribution is -2.55. The molecule has 25 heavy (non-hydrogen) atoms. The van der Waals surface area contributed by atoms with Gasteiger partial charge in [-0.15, -0.1) is 0 Å². The van der Waals surface area contributed by atoms with Gasteiger partial charge in [0.1, 0.15) is 5.82 Å². The van der Waals surface area contributed by atoms with Gasteiger partial charge in [-0.05, 0) is 44.4 Å². The van der Waals surface area contributed by atoms with Crippen molar-refractivity contribution in [2.75, 3.05) is 13.2 Å². The van der Waals surface area contributed by atoms with Crippen LogP contribution in [-0.4, -0.2) is 47.5 Å². The molecule has 8 heteroatoms. The predicted molar refractivity (Wildman–Crippen MR) is 88.7 cm³/mol. The molecule has 1 saturated carbocycles. The number of nitrogens with zero attached hydrogens (tertiary/aromatic N) is 2. The monoisotopic (exact) mass is 370 g/mol. The summed E-state index contributed by atoms with van der Waals surface area (Å²) in [6.07, 6.45) is 0.0680. The highest BCUT2D eigenvalue weighted by Gasteiger charge is 2.55. The van der Waals surface area contributed by atoms with Gasteiger partial charge in [-0.2, -0.15) is 0 Å². The highest BCUT2D eigenvalue weighted by molar-refractivity contribution is 6.30. The molecule has 2 aliphatic rings. The van der Waals surface area contributed by atoms with Crippen LogP contribution in [0.3, 0.4) is 0 Å². The van der Waals surface area contributed by atoms with E-state index in [1.54, 1.807) is 19.9 Å². The third-order valence-corrected chi connectivity index (χ3v) is 4.98. The van der Waals surface area contributed by atoms with Crippen LogP contribution in [0.25, 0.3) is 0 Å². The quantitative estimate of drug-likeness (QED) is 0.808. The number of fused-ring (bicyclic) bond motifs is 2. The van der Waals surface area contributed by atoms with Crippen LogP contribution in [0.1, 0.15) is 38.2 Å². The normalized spacial score (nSPS) is 24.6. The lowest BCUT2D eigenvalue weighted by molar-refractivity contribution is -0.0434. The Labute approximate surface area is 150 Å². The average molecular weight is 371 g/mol. The lowest BCUT2D eigenvalue weighted by Gasteiger charge is -2.39. The van der Waals surface area contributed by atoms with E-state index in [1.807, 2.05) is 0 Å². The van der Waals surface area contributed by atoms with Gasteiger partial charge in [0.15, 0.2) is 0 Å². The molecule has 2 fully saturated rings. The zero-order valence-electron chi connectivity index (χ0n) is 14.1. The van der Waals surface area contributed by atoms with Crippen molar-refractivity contribution in [1.29, 1.82) is 0 Å². The molecule has 6 nitrogen and oxygen atoms in total. The standard InChI is InChI=1S/C17H20ClFN2O4/c1-3-24-16(22)20-11-8-12(10-5-6-13(18)14(19)7-10)15(9-11)21(20)17(23)25-4-2/h5-7,11-12,15H,3-4,8-9H2,1-2H3. The van der Waals surface area contributed by atoms with Crippen LogP contribution in [0.4, 0.5) is 14.0 Å². The first-order chi connectivity index (χ1) is 12.0. The van der Waals surface area contributed by atoms with E-state index in [2.05, 4.69) is 0 Å². The minimum absolute atomic E-state index is 0.0577. The zero-order valence-corrected chi connectivity index (χ0v) is 14.8. The van der Waals surface area contributed by atoms with E-state index in [1.165, 1.54) is 22.2 Å². The lowest BCUT2D eigenvalue weighted by atomic mass is 9.92. The number of carbonyl (C=O) groups is 2. The molecule has 1 aromatic carbocycles. The van der Waals surface area contributed by atoms with Crippen LogP contribution in [0, 0.1) is 5.82 Å². The third-order valence-electron chi connectivity index (χ3n) is 4.68. The smallest absolute Gasteiger partial charge is 0.429 e. The van der Waals surface area contributed by atoms with Crippen molar-refractivity contribution >= 4 is 23.8 Å². The summed E-state index contributed by atoms with van der Waals surface area (Å²) in [6.45, 7) is 3.83. The number of hydrogen-bond donors (Lipinski definition) is 0. The molecule has 1 aliphatic heterocycles. The van der Waals surface area contributed by atoms with Crippen LogP contribution >= 0.6 is 11.6 Å². The van der Waals surface area contributed by atoms with Crippen molar-refractivity contribution in [3.05, 3.63) is 34.6 Å². The molecule has 2 bridgehead atoms. The summed E-state index contributed by atoms with van der Waals surface area (Å²) in [6, 6.07) is 4.20. The highest BCUT2D eigenvalue weighted by atomic mass is 35.5. The van der Waals surface area contributed by atoms with Crippen molar-refractivity contribution in [2.45, 2.75) is 44.7 Å². The molecule has 0 spiro atoms. The Kier molecular flexibility index (Phi) is 5.03. The van der Waals surface area contributed by atoms with Crippen molar-refractivity contribution < 1.29 is 23.5 Å². The number of hydrazine groups is 1. The second-order valence-corrected chi connectivity index (χ2v) is 6.47. The van der Waals surface area contributed by atoms with E-state index in [9.17, 15) is 14.0 Å². The Balaban J connectivity index is 1.89. The summed E-state index contributed by atoms with van der Waals surface area (Å²) in [5, 5.41) is 2.73. The van der Waals surface area contributed by atoms with Crippen LogP contribution < -0.4 is 0 Å². The topological polar surface area (TPSA) is 59.1 Å². The van der Waals surface area contributed by atoms with Crippen LogP contribution in [0.2, 0.25) is 5.02 Å². The largest absolute Gasteiger partial charge is 0.448 e. The molecule has 0 radical (unpaired) electrons. The fourth-order valence-corrected chi connectivity index (χ4v) is 3.85. The summed E-state index contributed by atoms with van der Waals surface area (Å²) in [4.78, 5) is 24.7. The summed E-state index contributed by atoms with van der Waals surface area (Å²) in [5.41, 5.74) is 0.757. The number of benzene rings is 1. The van der Waals surface area contributed by atoms with E-state index in [4.69, 9.17) is 21.1 Å². The third kappa shape index (κ3) is 3.13. The molecule has 1 aromatic rings. The van der Waals surface area contributed by atoms with E-state index < -0.39 is 18.0 Å². The summed E-state index contributed by atoms with van der Waals surface area (Å²) in [7, 11) is 0. The van der Waals surface area contributed by atoms with E-state index in [0.717, 1.165) is 5.56 Å². The average Bonchev–Trinajstić information content (AvgIpc) is 3.16. The molecule has 3 rings (SSSR count). The van der Waals surface area contributed by atoms with Gasteiger partial charge in [-0.1, -0.05) is 17.7 Å². The first kappa shape index (κ1) is 17.8. The Hall–Kier alpha value is -2.02. The van der Waals surface area contributed by atoms with Crippen molar-refractivity contribution in [3.63, 3.8) is 0 Å². The molecule has 1 aliphatic carbocycles. The number of carbonyl (C=O) groups excluding carboxylic acids is 2. The van der Waals surface area contributed by atoms with Gasteiger partial charge in [0.2, 0.25) is 0 Å². The second kappa shape index (κ2) is 7.07. The van der Waals surface area contributed by atoms with Gasteiger partial charge < -0.3 is 9.47 Å². The van der Waals surface area contributed by atoms with Gasteiger partial charge in [0.05, 0.1) is 30.3 Å². The molecule has 1 heterocycles. The molecule has 3 unspecified atom stereocenters. The molecular formula is C17H20ClFN2O4. The number of ether oxygens (including phenoxy) is 2. The number of rotatable bonds is 3. The number of halogens is 2. The molecule has 2 amide bonds. The Morgan fingerprint density at radius 1 is 1.16 bits per heavy atom. The molecule has 0 aromatic heterocycles. The summed E-state index contributed by atoms with van der Waals surface area (Å²) < 4.78 is 24.0. The SMILES string of the molecule is CCOC(=O)N1C2CC(c3ccc(Cl)c(F)c3)C(C2)N1C(=O)OCC. The predicted octanol–water partition coefficient (Wildman–Crippen LogP) is 3.94. The molecular weight excluding hydrogens is 351 g/mol. The molecule has 0 N–H and O–H groups in total. The van der Waals surface area contributed by atoms with Gasteiger partial charge in [0, 0.05) is 5.92 Å². The first-order valence-electron chi connectivity index (χ1n) is 8.34. The Bertz CT molecular complexity index is 687. The van der Waals surface area contributed by atoms with E-state index in [0.29, 0.717) is 12.8 Å². The zero-order chi connectivity index (χ0) is 18.1. The fraction of sp³-hybridized carbons (Fsp3) is 0.529. The molecule has 136 valence electrons. The van der Waals surface area contributed by atoms with Crippen LogP contribution in [0.5, 0.6) is 0 Å². The molecule has 3 atom stereocenters. The van der Waals surface area contributed by atoms with E-state index in [-0.39, 0.29) is 36.2 Å². The number of amides is 2. The van der Waals surface area contributed by atoms with E-state index >= 15 is 0 Å². The van der Waals surface area contributed by atoms with Crippen LogP contribution in [-0.2, 0) is 9.47 Å². The maximum Gasteiger partial charge on any atom is 0.429 e. The highest BCUT2D eigenvalue weighted by Crippen LogP contribution is 2.47. The maximum absolute atomic E-state index is 13.8. The minimum Gasteiger partial charge on any atom is -0.448 e. The van der Waals surface area contributed by atoms with Gasteiger partial charge in [-0.3, -0.25) is 0 Å². The fourth-order valence-electron chi connectivity index (χ4n) is 3.74. The summed E-state index contributed by atoms with van der Waals surface area (Å²) >= 11 is 5.76. The number of hydrogen-bond acceptors (Lipinski definition) is 4. The van der Waals surface area contributed by atoms with Crippen molar-refractivity contribution in [3.8, 4) is 0 Å². The Morgan fingerprint density at radius 2 is 1.80 bits per heavy atom. The maximum atomic E-state index is 13.8. The van der Waals surface area contributed by atoms with Gasteiger partial charge >= 0.3 is 12.2 Å². The van der Waals surface area contributed by atoms with Gasteiger partial charge in [-0.25, -0.2) is 24.0 Å². The van der Waals surface area contributed by atoms with Crippen molar-refractivity contribution in [1.82, 2.24) is 10.0 Å². The first-order valence-corrected chi connectivity index (χ1v) is 8.72. The molecule has 1 saturated heterocycles. The van der Waals surface area contributed by atoms with Gasteiger partial charge in [0.25, 0.3) is 0 Å². The van der Waals surface area contributed by atoms with Crippen molar-refractivity contribution in [2.24, 2.45) is 0 Å². The van der Waals surface area contributed by atoms with Crippen LogP contribution in [0.15, 0.2) is 18.2 Å². The minimum atomic E-state index is -0.595. The second-order valence-electron chi connectivity index (χ2n) is 6.06. The summed E-state index contributed by atoms with van der Waals surface area (Å²) in [5.74, 6) is -0.585. The Morgan fingerprint density at radius 3 is 2.40 bits per heavy atom.